The summed E-state index contributed by atoms with van der Waals surface area (Å²) in [7, 11) is 0. The molecule has 0 aliphatic carbocycles. The standard InChI is InChI=1S/C17H25BrFNO/c1-3-5-7-12-20(13-8-6-4-2)17(21)16-14(18)10-9-11-15(16)19/h9-11H,3-8,12-13H2,1-2H3. The van der Waals surface area contributed by atoms with Crippen LogP contribution in [0.5, 0.6) is 0 Å². The van der Waals surface area contributed by atoms with Crippen LogP contribution in [-0.4, -0.2) is 23.9 Å². The molecule has 118 valence electrons. The highest BCUT2D eigenvalue weighted by atomic mass is 79.9. The van der Waals surface area contributed by atoms with Crippen molar-refractivity contribution in [2.24, 2.45) is 0 Å². The summed E-state index contributed by atoms with van der Waals surface area (Å²) in [6.45, 7) is 5.68. The van der Waals surface area contributed by atoms with Crippen molar-refractivity contribution in [1.82, 2.24) is 4.90 Å². The molecule has 1 aromatic rings. The number of halogens is 2. The number of amides is 1. The zero-order valence-corrected chi connectivity index (χ0v) is 14.6. The molecular formula is C17H25BrFNO. The van der Waals surface area contributed by atoms with Crippen LogP contribution in [-0.2, 0) is 0 Å². The highest BCUT2D eigenvalue weighted by molar-refractivity contribution is 9.10. The SMILES string of the molecule is CCCCCN(CCCCC)C(=O)c1c(F)cccc1Br. The molecule has 0 N–H and O–H groups in total. The van der Waals surface area contributed by atoms with E-state index in [-0.39, 0.29) is 11.5 Å². The number of nitrogens with zero attached hydrogens (tertiary/aromatic N) is 1. The number of rotatable bonds is 9. The molecular weight excluding hydrogens is 333 g/mol. The monoisotopic (exact) mass is 357 g/mol. The van der Waals surface area contributed by atoms with Gasteiger partial charge in [0.25, 0.3) is 5.91 Å². The average Bonchev–Trinajstić information content (AvgIpc) is 2.45. The van der Waals surface area contributed by atoms with Crippen molar-refractivity contribution < 1.29 is 9.18 Å². The number of hydrogen-bond acceptors (Lipinski definition) is 1. The van der Waals surface area contributed by atoms with Gasteiger partial charge in [0.2, 0.25) is 0 Å². The van der Waals surface area contributed by atoms with Crippen molar-refractivity contribution in [3.8, 4) is 0 Å². The minimum atomic E-state index is -0.453. The van der Waals surface area contributed by atoms with Gasteiger partial charge in [0.05, 0.1) is 5.56 Å². The van der Waals surface area contributed by atoms with Gasteiger partial charge in [-0.25, -0.2) is 4.39 Å². The molecule has 0 spiro atoms. The van der Waals surface area contributed by atoms with Gasteiger partial charge in [-0.2, -0.15) is 0 Å². The van der Waals surface area contributed by atoms with Crippen LogP contribution < -0.4 is 0 Å². The van der Waals surface area contributed by atoms with Crippen molar-refractivity contribution in [2.45, 2.75) is 52.4 Å². The summed E-state index contributed by atoms with van der Waals surface area (Å²) in [5.41, 5.74) is 0.158. The van der Waals surface area contributed by atoms with Crippen LogP contribution in [0.2, 0.25) is 0 Å². The second-order valence-electron chi connectivity index (χ2n) is 5.30. The first kappa shape index (κ1) is 18.1. The second kappa shape index (κ2) is 9.93. The van der Waals surface area contributed by atoms with Gasteiger partial charge >= 0.3 is 0 Å². The zero-order valence-electron chi connectivity index (χ0n) is 13.0. The molecule has 0 bridgehead atoms. The molecule has 2 nitrogen and oxygen atoms in total. The lowest BCUT2D eigenvalue weighted by Gasteiger charge is -2.23. The predicted molar refractivity (Wildman–Crippen MR) is 89.1 cm³/mol. The first-order chi connectivity index (χ1) is 10.1. The molecule has 0 aliphatic rings. The van der Waals surface area contributed by atoms with E-state index in [0.29, 0.717) is 17.6 Å². The fourth-order valence-corrected chi connectivity index (χ4v) is 2.79. The Morgan fingerprint density at radius 1 is 1.10 bits per heavy atom. The number of hydrogen-bond donors (Lipinski definition) is 0. The molecule has 1 aromatic carbocycles. The third-order valence-corrected chi connectivity index (χ3v) is 4.19. The zero-order chi connectivity index (χ0) is 15.7. The predicted octanol–water partition coefficient (Wildman–Crippen LogP) is 5.41. The number of carbonyl (C=O) groups excluding carboxylic acids is 1. The lowest BCUT2D eigenvalue weighted by molar-refractivity contribution is 0.0744. The van der Waals surface area contributed by atoms with Crippen molar-refractivity contribution >= 4 is 21.8 Å². The molecule has 4 heteroatoms. The van der Waals surface area contributed by atoms with Gasteiger partial charge in [-0.1, -0.05) is 45.6 Å². The van der Waals surface area contributed by atoms with Gasteiger partial charge in [0.1, 0.15) is 5.82 Å². The highest BCUT2D eigenvalue weighted by Crippen LogP contribution is 2.22. The number of unbranched alkanes of at least 4 members (excludes halogenated alkanes) is 4. The molecule has 0 radical (unpaired) electrons. The minimum Gasteiger partial charge on any atom is -0.339 e. The van der Waals surface area contributed by atoms with Crippen molar-refractivity contribution in [3.05, 3.63) is 34.1 Å². The van der Waals surface area contributed by atoms with E-state index < -0.39 is 5.82 Å². The first-order valence-corrected chi connectivity index (χ1v) is 8.64. The van der Waals surface area contributed by atoms with Crippen LogP contribution in [0.15, 0.2) is 22.7 Å². The molecule has 0 saturated heterocycles. The lowest BCUT2D eigenvalue weighted by atomic mass is 10.1. The van der Waals surface area contributed by atoms with Crippen LogP contribution in [0.4, 0.5) is 4.39 Å². The highest BCUT2D eigenvalue weighted by Gasteiger charge is 2.21. The Balaban J connectivity index is 2.82. The quantitative estimate of drug-likeness (QED) is 0.541. The van der Waals surface area contributed by atoms with Gasteiger partial charge in [-0.05, 0) is 40.9 Å². The van der Waals surface area contributed by atoms with E-state index in [0.717, 1.165) is 38.5 Å². The van der Waals surface area contributed by atoms with E-state index in [2.05, 4.69) is 29.8 Å². The van der Waals surface area contributed by atoms with Crippen LogP contribution in [0.3, 0.4) is 0 Å². The first-order valence-electron chi connectivity index (χ1n) is 7.85. The Hall–Kier alpha value is -0.900. The Morgan fingerprint density at radius 3 is 2.14 bits per heavy atom. The Bertz CT molecular complexity index is 420. The molecule has 1 amide bonds. The van der Waals surface area contributed by atoms with Gasteiger partial charge in [-0.15, -0.1) is 0 Å². The third-order valence-electron chi connectivity index (χ3n) is 3.53. The van der Waals surface area contributed by atoms with Crippen molar-refractivity contribution in [1.29, 1.82) is 0 Å². The van der Waals surface area contributed by atoms with Crippen LogP contribution >= 0.6 is 15.9 Å². The van der Waals surface area contributed by atoms with Crippen LogP contribution in [0.25, 0.3) is 0 Å². The molecule has 0 heterocycles. The Kier molecular flexibility index (Phi) is 8.58. The molecule has 1 rings (SSSR count). The van der Waals surface area contributed by atoms with E-state index >= 15 is 0 Å². The minimum absolute atomic E-state index is 0.158. The fraction of sp³-hybridized carbons (Fsp3) is 0.588. The maximum absolute atomic E-state index is 14.0. The lowest BCUT2D eigenvalue weighted by Crippen LogP contribution is -2.33. The summed E-state index contributed by atoms with van der Waals surface area (Å²) >= 11 is 3.29. The number of benzene rings is 1. The van der Waals surface area contributed by atoms with Gasteiger partial charge in [0, 0.05) is 17.6 Å². The van der Waals surface area contributed by atoms with E-state index in [1.807, 2.05) is 0 Å². The van der Waals surface area contributed by atoms with E-state index in [1.54, 1.807) is 17.0 Å². The van der Waals surface area contributed by atoms with Gasteiger partial charge in [-0.3, -0.25) is 4.79 Å². The van der Waals surface area contributed by atoms with Crippen molar-refractivity contribution in [2.75, 3.05) is 13.1 Å². The second-order valence-corrected chi connectivity index (χ2v) is 6.16. The maximum Gasteiger partial charge on any atom is 0.257 e. The van der Waals surface area contributed by atoms with Gasteiger partial charge < -0.3 is 4.90 Å². The summed E-state index contributed by atoms with van der Waals surface area (Å²) in [5, 5.41) is 0. The largest absolute Gasteiger partial charge is 0.339 e. The third kappa shape index (κ3) is 5.77. The van der Waals surface area contributed by atoms with E-state index in [9.17, 15) is 9.18 Å². The maximum atomic E-state index is 14.0. The van der Waals surface area contributed by atoms with E-state index in [1.165, 1.54) is 6.07 Å². The summed E-state index contributed by atoms with van der Waals surface area (Å²) in [6, 6.07) is 4.66. The molecule has 0 atom stereocenters. The summed E-state index contributed by atoms with van der Waals surface area (Å²) in [4.78, 5) is 14.4. The normalized spacial score (nSPS) is 10.7. The Morgan fingerprint density at radius 2 is 1.67 bits per heavy atom. The smallest absolute Gasteiger partial charge is 0.257 e. The number of carbonyl (C=O) groups is 1. The van der Waals surface area contributed by atoms with Crippen LogP contribution in [0, 0.1) is 5.82 Å². The average molecular weight is 358 g/mol. The topological polar surface area (TPSA) is 20.3 Å². The molecule has 0 saturated carbocycles. The fourth-order valence-electron chi connectivity index (χ4n) is 2.28. The summed E-state index contributed by atoms with van der Waals surface area (Å²) in [6.07, 6.45) is 6.35. The van der Waals surface area contributed by atoms with E-state index in [4.69, 9.17) is 0 Å². The molecule has 0 aliphatic heterocycles. The Labute approximate surface area is 135 Å². The van der Waals surface area contributed by atoms with Crippen molar-refractivity contribution in [3.63, 3.8) is 0 Å². The summed E-state index contributed by atoms with van der Waals surface area (Å²) in [5.74, 6) is -0.655. The van der Waals surface area contributed by atoms with Crippen LogP contribution in [0.1, 0.15) is 62.7 Å². The van der Waals surface area contributed by atoms with Gasteiger partial charge in [0.15, 0.2) is 0 Å². The summed E-state index contributed by atoms with van der Waals surface area (Å²) < 4.78 is 14.5. The molecule has 0 aromatic heterocycles. The molecule has 21 heavy (non-hydrogen) atoms. The molecule has 0 fully saturated rings. The molecule has 0 unspecified atom stereocenters.